The SMILES string of the molecule is Bc1cc(CNC(=O)c2cccc(C(=O)NCc3c(CC)nc4c(cnn4CC)c3NC3CCOCC3)c2)ccc1OC. The van der Waals surface area contributed by atoms with Crippen LogP contribution in [0.5, 0.6) is 5.75 Å². The van der Waals surface area contributed by atoms with Crippen molar-refractivity contribution in [2.24, 2.45) is 0 Å². The van der Waals surface area contributed by atoms with Crippen LogP contribution in [0.2, 0.25) is 0 Å². The van der Waals surface area contributed by atoms with E-state index in [-0.39, 0.29) is 17.9 Å². The van der Waals surface area contributed by atoms with Crippen molar-refractivity contribution in [3.8, 4) is 5.75 Å². The van der Waals surface area contributed by atoms with E-state index in [2.05, 4.69) is 28.0 Å². The molecular weight excluding hydrogens is 543 g/mol. The number of aryl methyl sites for hydroxylation is 2. The molecule has 224 valence electrons. The quantitative estimate of drug-likeness (QED) is 0.233. The van der Waals surface area contributed by atoms with Crippen molar-refractivity contribution in [1.82, 2.24) is 25.4 Å². The number of rotatable bonds is 11. The number of benzene rings is 2. The number of hydrogen-bond acceptors (Lipinski definition) is 7. The summed E-state index contributed by atoms with van der Waals surface area (Å²) >= 11 is 0. The van der Waals surface area contributed by atoms with Gasteiger partial charge in [-0.25, -0.2) is 9.67 Å². The number of nitrogens with one attached hydrogen (secondary N) is 3. The van der Waals surface area contributed by atoms with Gasteiger partial charge >= 0.3 is 0 Å². The van der Waals surface area contributed by atoms with Crippen LogP contribution in [0.3, 0.4) is 0 Å². The predicted octanol–water partition coefficient (Wildman–Crippen LogP) is 2.73. The van der Waals surface area contributed by atoms with Gasteiger partial charge in [0.25, 0.3) is 11.8 Å². The maximum absolute atomic E-state index is 13.4. The number of hydrogen-bond donors (Lipinski definition) is 3. The van der Waals surface area contributed by atoms with Gasteiger partial charge in [-0.2, -0.15) is 5.10 Å². The highest BCUT2D eigenvalue weighted by atomic mass is 16.5. The van der Waals surface area contributed by atoms with E-state index in [1.807, 2.05) is 43.8 Å². The highest BCUT2D eigenvalue weighted by Crippen LogP contribution is 2.31. The van der Waals surface area contributed by atoms with Gasteiger partial charge in [0.1, 0.15) is 13.6 Å². The van der Waals surface area contributed by atoms with Gasteiger partial charge in [0.15, 0.2) is 5.65 Å². The number of ether oxygens (including phenoxy) is 2. The number of aromatic nitrogens is 3. The highest BCUT2D eigenvalue weighted by Gasteiger charge is 2.22. The summed E-state index contributed by atoms with van der Waals surface area (Å²) < 4.78 is 12.8. The molecule has 3 heterocycles. The fraction of sp³-hybridized carbons (Fsp3) is 0.375. The van der Waals surface area contributed by atoms with Crippen LogP contribution in [0, 0.1) is 0 Å². The van der Waals surface area contributed by atoms with Gasteiger partial charge in [0, 0.05) is 61.3 Å². The Kier molecular flexibility index (Phi) is 9.61. The molecule has 3 N–H and O–H groups in total. The van der Waals surface area contributed by atoms with Crippen LogP contribution in [-0.2, 0) is 30.8 Å². The molecule has 4 aromatic rings. The molecule has 2 aromatic carbocycles. The number of carbonyl (C=O) groups excluding carboxylic acids is 2. The van der Waals surface area contributed by atoms with Crippen molar-refractivity contribution < 1.29 is 19.1 Å². The average molecular weight is 583 g/mol. The molecule has 11 heteroatoms. The summed E-state index contributed by atoms with van der Waals surface area (Å²) in [6.45, 7) is 6.94. The summed E-state index contributed by atoms with van der Waals surface area (Å²) in [4.78, 5) is 31.3. The molecule has 1 aliphatic heterocycles. The lowest BCUT2D eigenvalue weighted by Gasteiger charge is -2.26. The van der Waals surface area contributed by atoms with E-state index in [1.165, 1.54) is 0 Å². The normalized spacial score (nSPS) is 13.6. The van der Waals surface area contributed by atoms with Crippen molar-refractivity contribution >= 4 is 41.8 Å². The van der Waals surface area contributed by atoms with Crippen LogP contribution in [0.15, 0.2) is 48.7 Å². The molecule has 1 aliphatic rings. The first kappa shape index (κ1) is 30.1. The highest BCUT2D eigenvalue weighted by molar-refractivity contribution is 6.34. The van der Waals surface area contributed by atoms with Gasteiger partial charge in [-0.15, -0.1) is 0 Å². The first-order chi connectivity index (χ1) is 20.9. The number of methoxy groups -OCH3 is 1. The molecule has 1 saturated heterocycles. The van der Waals surface area contributed by atoms with Crippen LogP contribution < -0.4 is 26.2 Å². The van der Waals surface area contributed by atoms with Gasteiger partial charge in [-0.1, -0.05) is 25.1 Å². The number of fused-ring (bicyclic) bond motifs is 1. The van der Waals surface area contributed by atoms with E-state index in [0.717, 1.165) is 77.4 Å². The fourth-order valence-electron chi connectivity index (χ4n) is 5.51. The minimum atomic E-state index is -0.260. The van der Waals surface area contributed by atoms with Crippen LogP contribution in [0.4, 0.5) is 5.69 Å². The van der Waals surface area contributed by atoms with Gasteiger partial charge in [-0.05, 0) is 61.5 Å². The van der Waals surface area contributed by atoms with E-state index in [1.54, 1.807) is 31.4 Å². The Morgan fingerprint density at radius 3 is 2.42 bits per heavy atom. The lowest BCUT2D eigenvalue weighted by atomic mass is 9.93. The van der Waals surface area contributed by atoms with Crippen molar-refractivity contribution in [2.75, 3.05) is 25.6 Å². The van der Waals surface area contributed by atoms with E-state index in [4.69, 9.17) is 14.5 Å². The molecular formula is C32H39BN6O4. The Hall–Kier alpha value is -4.38. The fourth-order valence-corrected chi connectivity index (χ4v) is 5.51. The Morgan fingerprint density at radius 1 is 1.05 bits per heavy atom. The van der Waals surface area contributed by atoms with Gasteiger partial charge in [0.2, 0.25) is 0 Å². The van der Waals surface area contributed by atoms with Crippen LogP contribution >= 0.6 is 0 Å². The molecule has 10 nitrogen and oxygen atoms in total. The Labute approximate surface area is 253 Å². The zero-order valence-electron chi connectivity index (χ0n) is 25.3. The smallest absolute Gasteiger partial charge is 0.251 e. The molecule has 0 atom stereocenters. The van der Waals surface area contributed by atoms with Gasteiger partial charge in [-0.3, -0.25) is 9.59 Å². The average Bonchev–Trinajstić information content (AvgIpc) is 3.46. The van der Waals surface area contributed by atoms with Crippen molar-refractivity contribution in [3.05, 3.63) is 76.6 Å². The summed E-state index contributed by atoms with van der Waals surface area (Å²) in [7, 11) is 3.60. The van der Waals surface area contributed by atoms with Crippen molar-refractivity contribution in [3.63, 3.8) is 0 Å². The van der Waals surface area contributed by atoms with Gasteiger partial charge < -0.3 is 25.4 Å². The van der Waals surface area contributed by atoms with E-state index in [9.17, 15) is 9.59 Å². The maximum Gasteiger partial charge on any atom is 0.251 e. The summed E-state index contributed by atoms with van der Waals surface area (Å²) in [5, 5.41) is 15.3. The second kappa shape index (κ2) is 13.7. The number of amides is 2. The summed E-state index contributed by atoms with van der Waals surface area (Å²) in [6.07, 6.45) is 4.38. The molecule has 0 radical (unpaired) electrons. The lowest BCUT2D eigenvalue weighted by Crippen LogP contribution is -2.30. The summed E-state index contributed by atoms with van der Waals surface area (Å²) in [6, 6.07) is 12.8. The standard InChI is InChI=1S/C32H39BN6O4/c1-4-27-24(29(37-23-11-13-43-14-12-23)25-19-36-39(5-2)30(25)38-27)18-35-32(41)22-8-6-7-21(16-22)31(40)34-17-20-9-10-28(42-3)26(33)15-20/h6-10,15-16,19,23H,4-5,11-14,17-18,33H2,1-3H3,(H,34,40)(H,35,41)(H,37,38). The predicted molar refractivity (Wildman–Crippen MR) is 170 cm³/mol. The largest absolute Gasteiger partial charge is 0.497 e. The summed E-state index contributed by atoms with van der Waals surface area (Å²) in [5.41, 5.74) is 6.48. The molecule has 2 aromatic heterocycles. The topological polar surface area (TPSA) is 119 Å². The molecule has 1 fully saturated rings. The first-order valence-corrected chi connectivity index (χ1v) is 14.9. The van der Waals surface area contributed by atoms with Crippen LogP contribution in [0.25, 0.3) is 11.0 Å². The number of anilines is 1. The molecule has 0 saturated carbocycles. The molecule has 0 aliphatic carbocycles. The summed E-state index contributed by atoms with van der Waals surface area (Å²) in [5.74, 6) is 0.295. The third-order valence-corrected chi connectivity index (χ3v) is 7.90. The van der Waals surface area contributed by atoms with Gasteiger partial charge in [0.05, 0.1) is 24.4 Å². The molecule has 2 amide bonds. The maximum atomic E-state index is 13.4. The van der Waals surface area contributed by atoms with E-state index >= 15 is 0 Å². The minimum absolute atomic E-state index is 0.248. The Bertz CT molecular complexity index is 1620. The van der Waals surface area contributed by atoms with Crippen LogP contribution in [0.1, 0.15) is 64.2 Å². The zero-order valence-corrected chi connectivity index (χ0v) is 25.3. The Morgan fingerprint density at radius 2 is 1.77 bits per heavy atom. The zero-order chi connectivity index (χ0) is 30.3. The monoisotopic (exact) mass is 582 g/mol. The van der Waals surface area contributed by atoms with E-state index in [0.29, 0.717) is 30.6 Å². The number of nitrogens with zero attached hydrogens (tertiary/aromatic N) is 3. The third-order valence-electron chi connectivity index (χ3n) is 7.90. The second-order valence-electron chi connectivity index (χ2n) is 10.7. The molecule has 0 spiro atoms. The first-order valence-electron chi connectivity index (χ1n) is 14.9. The second-order valence-corrected chi connectivity index (χ2v) is 10.7. The lowest BCUT2D eigenvalue weighted by molar-refractivity contribution is 0.0904. The van der Waals surface area contributed by atoms with E-state index < -0.39 is 0 Å². The molecule has 0 unspecified atom stereocenters. The minimum Gasteiger partial charge on any atom is -0.497 e. The third kappa shape index (κ3) is 6.83. The number of carbonyl (C=O) groups is 2. The number of pyridine rings is 1. The van der Waals surface area contributed by atoms with Crippen molar-refractivity contribution in [1.29, 1.82) is 0 Å². The molecule has 0 bridgehead atoms. The van der Waals surface area contributed by atoms with Crippen molar-refractivity contribution in [2.45, 2.75) is 58.8 Å². The molecule has 5 rings (SSSR count). The van der Waals surface area contributed by atoms with Crippen LogP contribution in [-0.4, -0.2) is 60.8 Å². The molecule has 43 heavy (non-hydrogen) atoms. The Balaban J connectivity index is 1.32.